The lowest BCUT2D eigenvalue weighted by Crippen LogP contribution is -2.53. The zero-order valence-corrected chi connectivity index (χ0v) is 29.8. The van der Waals surface area contributed by atoms with Gasteiger partial charge in [0.05, 0.1) is 53.7 Å². The first kappa shape index (κ1) is 36.2. The fraction of sp³-hybridized carbons (Fsp3) is 0.600. The van der Waals surface area contributed by atoms with Crippen LogP contribution in [0, 0.1) is 11.3 Å². The van der Waals surface area contributed by atoms with Crippen LogP contribution in [0.5, 0.6) is 0 Å². The van der Waals surface area contributed by atoms with Crippen molar-refractivity contribution in [1.29, 1.82) is 0 Å². The van der Waals surface area contributed by atoms with Gasteiger partial charge in [0, 0.05) is 18.8 Å². The van der Waals surface area contributed by atoms with Crippen molar-refractivity contribution < 1.29 is 37.3 Å². The Balaban J connectivity index is 1.17. The van der Waals surface area contributed by atoms with Crippen molar-refractivity contribution in [2.75, 3.05) is 26.2 Å². The summed E-state index contributed by atoms with van der Waals surface area (Å²) in [6.45, 7) is 11.3. The highest BCUT2D eigenvalue weighted by Gasteiger charge is 2.68. The van der Waals surface area contributed by atoms with Crippen LogP contribution in [-0.4, -0.2) is 90.2 Å². The van der Waals surface area contributed by atoms with E-state index >= 15 is 0 Å². The van der Waals surface area contributed by atoms with Crippen molar-refractivity contribution in [2.45, 2.75) is 96.4 Å². The van der Waals surface area contributed by atoms with E-state index in [2.05, 4.69) is 4.98 Å². The molecule has 1 saturated carbocycles. The van der Waals surface area contributed by atoms with E-state index in [1.165, 1.54) is 28.8 Å². The number of halogens is 4. The minimum atomic E-state index is -4.42. The molecule has 272 valence electrons. The molecule has 11 nitrogen and oxygen atoms in total. The molecule has 0 unspecified atom stereocenters. The minimum Gasteiger partial charge on any atom is -0.444 e. The van der Waals surface area contributed by atoms with E-state index in [1.807, 2.05) is 58.9 Å². The second kappa shape index (κ2) is 12.3. The molecule has 6 rings (SSSR count). The number of aromatic nitrogens is 3. The first-order valence-electron chi connectivity index (χ1n) is 16.7. The highest BCUT2D eigenvalue weighted by Crippen LogP contribution is 2.61. The van der Waals surface area contributed by atoms with Gasteiger partial charge in [-0.2, -0.15) is 13.2 Å². The summed E-state index contributed by atoms with van der Waals surface area (Å²) in [7, 11) is 0. The Morgan fingerprint density at radius 1 is 1.10 bits per heavy atom. The number of aliphatic hydroxyl groups is 1. The van der Waals surface area contributed by atoms with Crippen molar-refractivity contribution in [3.63, 3.8) is 0 Å². The zero-order chi connectivity index (χ0) is 36.6. The third-order valence-corrected chi connectivity index (χ3v) is 10.3. The van der Waals surface area contributed by atoms with Gasteiger partial charge in [-0.15, -0.1) is 0 Å². The maximum Gasteiger partial charge on any atom is 0.410 e. The summed E-state index contributed by atoms with van der Waals surface area (Å²) >= 11 is 6.65. The number of amides is 2. The van der Waals surface area contributed by atoms with Crippen LogP contribution in [-0.2, 0) is 20.8 Å². The molecule has 50 heavy (non-hydrogen) atoms. The van der Waals surface area contributed by atoms with Gasteiger partial charge in [0.25, 0.3) is 5.56 Å². The number of ether oxygens (including phenoxy) is 2. The molecule has 1 aromatic carbocycles. The molecule has 4 heterocycles. The van der Waals surface area contributed by atoms with E-state index in [1.54, 1.807) is 9.47 Å². The van der Waals surface area contributed by atoms with Gasteiger partial charge in [-0.05, 0) is 77.6 Å². The van der Waals surface area contributed by atoms with Crippen LogP contribution in [0.2, 0.25) is 5.15 Å². The Labute approximate surface area is 292 Å². The second-order valence-corrected chi connectivity index (χ2v) is 16.1. The van der Waals surface area contributed by atoms with Crippen molar-refractivity contribution in [3.05, 3.63) is 57.7 Å². The number of carbonyl (C=O) groups is 2. The molecule has 3 atom stereocenters. The maximum absolute atomic E-state index is 13.6. The number of piperidine rings is 1. The van der Waals surface area contributed by atoms with E-state index in [4.69, 9.17) is 21.1 Å². The van der Waals surface area contributed by atoms with Gasteiger partial charge in [0.2, 0.25) is 5.91 Å². The molecule has 2 saturated heterocycles. The minimum absolute atomic E-state index is 0.0817. The highest BCUT2D eigenvalue weighted by molar-refractivity contribution is 6.31. The molecule has 2 amide bonds. The number of morpholine rings is 1. The largest absolute Gasteiger partial charge is 0.444 e. The predicted molar refractivity (Wildman–Crippen MR) is 179 cm³/mol. The molecule has 1 N–H and O–H groups in total. The standard InChI is InChI=1S/C35H43ClF3N5O6/c1-31(2,3)50-30(47)43-18-32(4,5)49-17-24(43)21-7-9-22(10-8-21)44-26(36)15-23-27(44)40-20-42(28(23)45)19-34(48)11-13-41(14-12-34)29(46)33(6)16-25(33)35(37,38)39/h7-10,15,20,24-25,48H,11-14,16-19H2,1-6H3/t24-,25+,33+/m0/s1. The Morgan fingerprint density at radius 3 is 2.32 bits per heavy atom. The van der Waals surface area contributed by atoms with E-state index in [-0.39, 0.29) is 56.0 Å². The van der Waals surface area contributed by atoms with Gasteiger partial charge in [-0.25, -0.2) is 9.78 Å². The Hall–Kier alpha value is -3.62. The number of alkyl halides is 3. The fourth-order valence-corrected chi connectivity index (χ4v) is 7.37. The van der Waals surface area contributed by atoms with E-state index in [9.17, 15) is 32.7 Å². The number of fused-ring (bicyclic) bond motifs is 1. The molecular formula is C35H43ClF3N5O6. The zero-order valence-electron chi connectivity index (χ0n) is 29.0. The molecule has 3 fully saturated rings. The van der Waals surface area contributed by atoms with Crippen LogP contribution < -0.4 is 5.56 Å². The third-order valence-electron chi connectivity index (χ3n) is 10.0. The van der Waals surface area contributed by atoms with Gasteiger partial charge in [-0.3, -0.25) is 23.6 Å². The molecule has 0 bridgehead atoms. The van der Waals surface area contributed by atoms with E-state index in [0.717, 1.165) is 5.56 Å². The number of hydrogen-bond donors (Lipinski definition) is 1. The quantitative estimate of drug-likeness (QED) is 0.350. The SMILES string of the molecule is CC(C)(C)OC(=O)N1CC(C)(C)OC[C@H]1c1ccc(-n2c(Cl)cc3c(=O)n(CC4(O)CCN(C(=O)[C@]5(C)C[C@H]5C(F)(F)F)CC4)cnc32)cc1. The molecule has 3 aliphatic rings. The third kappa shape index (κ3) is 6.98. The van der Waals surface area contributed by atoms with Crippen LogP contribution in [0.15, 0.2) is 41.5 Å². The summed E-state index contributed by atoms with van der Waals surface area (Å²) < 4.78 is 54.3. The lowest BCUT2D eigenvalue weighted by atomic mass is 9.90. The van der Waals surface area contributed by atoms with Crippen molar-refractivity contribution in [2.24, 2.45) is 11.3 Å². The number of hydrogen-bond acceptors (Lipinski definition) is 7. The summed E-state index contributed by atoms with van der Waals surface area (Å²) in [5.41, 5.74) is -2.70. The highest BCUT2D eigenvalue weighted by atomic mass is 35.5. The Kier molecular flexibility index (Phi) is 8.87. The van der Waals surface area contributed by atoms with Gasteiger partial charge < -0.3 is 19.5 Å². The number of likely N-dealkylation sites (tertiary alicyclic amines) is 1. The van der Waals surface area contributed by atoms with Gasteiger partial charge >= 0.3 is 12.3 Å². The molecule has 3 aromatic rings. The van der Waals surface area contributed by atoms with E-state index in [0.29, 0.717) is 17.9 Å². The first-order chi connectivity index (χ1) is 23.1. The molecule has 1 aliphatic carbocycles. The number of nitrogens with zero attached hydrogens (tertiary/aromatic N) is 5. The smallest absolute Gasteiger partial charge is 0.410 e. The van der Waals surface area contributed by atoms with Crippen LogP contribution in [0.4, 0.5) is 18.0 Å². The summed E-state index contributed by atoms with van der Waals surface area (Å²) in [4.78, 5) is 47.3. The normalized spacial score (nSPS) is 25.1. The molecule has 2 aliphatic heterocycles. The molecule has 2 aromatic heterocycles. The van der Waals surface area contributed by atoms with Crippen molar-refractivity contribution in [1.82, 2.24) is 23.9 Å². The maximum atomic E-state index is 13.6. The van der Waals surface area contributed by atoms with Gasteiger partial charge in [-0.1, -0.05) is 30.7 Å². The summed E-state index contributed by atoms with van der Waals surface area (Å²) in [6.07, 6.45) is -3.56. The topological polar surface area (TPSA) is 119 Å². The fourth-order valence-electron chi connectivity index (χ4n) is 7.08. The molecule has 0 radical (unpaired) electrons. The van der Waals surface area contributed by atoms with Gasteiger partial charge in [0.1, 0.15) is 17.1 Å². The second-order valence-electron chi connectivity index (χ2n) is 15.7. The summed E-state index contributed by atoms with van der Waals surface area (Å²) in [5, 5.41) is 11.8. The monoisotopic (exact) mass is 721 g/mol. The van der Waals surface area contributed by atoms with Crippen LogP contribution in [0.1, 0.15) is 72.4 Å². The van der Waals surface area contributed by atoms with E-state index < -0.39 is 57.9 Å². The Morgan fingerprint density at radius 2 is 1.74 bits per heavy atom. The first-order valence-corrected chi connectivity index (χ1v) is 17.1. The number of carbonyl (C=O) groups excluding carboxylic acids is 2. The van der Waals surface area contributed by atoms with Crippen molar-refractivity contribution >= 4 is 34.6 Å². The average molecular weight is 722 g/mol. The number of rotatable bonds is 5. The van der Waals surface area contributed by atoms with Crippen molar-refractivity contribution in [3.8, 4) is 5.69 Å². The predicted octanol–water partition coefficient (Wildman–Crippen LogP) is 5.87. The number of benzene rings is 1. The van der Waals surface area contributed by atoms with Crippen LogP contribution in [0.25, 0.3) is 16.7 Å². The molecule has 0 spiro atoms. The summed E-state index contributed by atoms with van der Waals surface area (Å²) in [6, 6.07) is 8.48. The Bertz CT molecular complexity index is 1860. The van der Waals surface area contributed by atoms with Crippen LogP contribution in [0.3, 0.4) is 0 Å². The lowest BCUT2D eigenvalue weighted by Gasteiger charge is -2.44. The summed E-state index contributed by atoms with van der Waals surface area (Å²) in [5.74, 6) is -2.20. The molecule has 15 heteroatoms. The van der Waals surface area contributed by atoms with Crippen LogP contribution >= 0.6 is 11.6 Å². The lowest BCUT2D eigenvalue weighted by molar-refractivity contribution is -0.165. The average Bonchev–Trinajstić information content (AvgIpc) is 3.62. The molecular weight excluding hydrogens is 679 g/mol. The van der Waals surface area contributed by atoms with Gasteiger partial charge in [0.15, 0.2) is 5.65 Å².